The number of aliphatic carboxylic acids is 1. The molecule has 2 rings (SSSR count). The van der Waals surface area contributed by atoms with Gasteiger partial charge in [-0.15, -0.1) is 0 Å². The Morgan fingerprint density at radius 3 is 2.34 bits per heavy atom. The van der Waals surface area contributed by atoms with E-state index in [9.17, 15) is 29.4 Å². The Morgan fingerprint density at radius 2 is 1.76 bits per heavy atom. The number of carboxylic acids is 1. The molecule has 10 N–H and O–H groups in total. The number of hydrogen-bond donors (Lipinski definition) is 7. The molecule has 38 heavy (non-hydrogen) atoms. The van der Waals surface area contributed by atoms with Gasteiger partial charge in [0.15, 0.2) is 5.96 Å². The van der Waals surface area contributed by atoms with Gasteiger partial charge in [0, 0.05) is 19.5 Å². The molecule has 3 amide bonds. The Hall–Kier alpha value is -3.87. The molecule has 210 valence electrons. The first-order valence-corrected chi connectivity index (χ1v) is 12.6. The Bertz CT molecular complexity index is 1010. The van der Waals surface area contributed by atoms with E-state index in [2.05, 4.69) is 15.6 Å². The molecule has 1 aliphatic rings. The molecule has 1 fully saturated rings. The topological polar surface area (TPSA) is 226 Å². The minimum atomic E-state index is -1.24. The van der Waals surface area contributed by atoms with Gasteiger partial charge in [-0.3, -0.25) is 19.4 Å². The van der Waals surface area contributed by atoms with Crippen molar-refractivity contribution >= 4 is 29.7 Å². The first-order valence-electron chi connectivity index (χ1n) is 12.6. The quantitative estimate of drug-likeness (QED) is 0.0937. The predicted octanol–water partition coefficient (Wildman–Crippen LogP) is -0.983. The van der Waals surface area contributed by atoms with Crippen molar-refractivity contribution in [1.82, 2.24) is 15.5 Å². The number of carbonyl (C=O) groups is 4. The molecule has 1 saturated heterocycles. The Balaban J connectivity index is 2.19. The lowest BCUT2D eigenvalue weighted by Crippen LogP contribution is -2.57. The van der Waals surface area contributed by atoms with Crippen molar-refractivity contribution in [2.45, 2.75) is 70.1 Å². The number of phenols is 1. The third-order valence-corrected chi connectivity index (χ3v) is 6.41. The number of amides is 3. The molecule has 0 spiro atoms. The van der Waals surface area contributed by atoms with Crippen LogP contribution in [-0.4, -0.2) is 82.0 Å². The van der Waals surface area contributed by atoms with Crippen LogP contribution in [0.1, 0.15) is 45.1 Å². The molecular weight excluding hydrogens is 494 g/mol. The second-order valence-electron chi connectivity index (χ2n) is 9.74. The van der Waals surface area contributed by atoms with Crippen molar-refractivity contribution < 1.29 is 29.4 Å². The number of aliphatic imine (C=N–C) groups is 1. The van der Waals surface area contributed by atoms with Crippen LogP contribution >= 0.6 is 0 Å². The van der Waals surface area contributed by atoms with Crippen molar-refractivity contribution in [3.63, 3.8) is 0 Å². The number of likely N-dealkylation sites (tertiary alicyclic amines) is 1. The number of carboxylic acid groups (broad SMARTS) is 1. The number of phenolic OH excluding ortho intramolecular Hbond substituents is 1. The molecule has 0 saturated carbocycles. The van der Waals surface area contributed by atoms with Gasteiger partial charge < -0.3 is 42.9 Å². The number of nitrogens with zero attached hydrogens (tertiary/aromatic N) is 2. The number of guanidine groups is 1. The van der Waals surface area contributed by atoms with Crippen molar-refractivity contribution in [3.05, 3.63) is 29.8 Å². The molecule has 1 heterocycles. The van der Waals surface area contributed by atoms with Crippen LogP contribution < -0.4 is 27.8 Å². The van der Waals surface area contributed by atoms with Crippen molar-refractivity contribution in [2.24, 2.45) is 28.1 Å². The second kappa shape index (κ2) is 14.2. The van der Waals surface area contributed by atoms with Gasteiger partial charge >= 0.3 is 5.97 Å². The third-order valence-electron chi connectivity index (χ3n) is 6.41. The van der Waals surface area contributed by atoms with E-state index in [1.165, 1.54) is 17.0 Å². The lowest BCUT2D eigenvalue weighted by molar-refractivity contribution is -0.143. The monoisotopic (exact) mass is 533 g/mol. The van der Waals surface area contributed by atoms with Gasteiger partial charge in [-0.2, -0.15) is 0 Å². The van der Waals surface area contributed by atoms with Gasteiger partial charge in [0.25, 0.3) is 0 Å². The molecule has 0 radical (unpaired) electrons. The summed E-state index contributed by atoms with van der Waals surface area (Å²) in [6, 6.07) is 2.16. The van der Waals surface area contributed by atoms with Gasteiger partial charge in [0.1, 0.15) is 23.9 Å². The maximum Gasteiger partial charge on any atom is 0.326 e. The van der Waals surface area contributed by atoms with Crippen molar-refractivity contribution in [1.29, 1.82) is 0 Å². The lowest BCUT2D eigenvalue weighted by Gasteiger charge is -2.29. The van der Waals surface area contributed by atoms with Gasteiger partial charge in [-0.1, -0.05) is 26.0 Å². The number of carbonyl (C=O) groups excluding carboxylic acids is 3. The zero-order chi connectivity index (χ0) is 28.4. The van der Waals surface area contributed by atoms with E-state index in [1.54, 1.807) is 12.1 Å². The molecule has 1 aromatic rings. The molecule has 13 heteroatoms. The maximum absolute atomic E-state index is 13.3. The van der Waals surface area contributed by atoms with E-state index in [0.717, 1.165) is 0 Å². The molecule has 1 aliphatic heterocycles. The third kappa shape index (κ3) is 8.91. The van der Waals surface area contributed by atoms with Gasteiger partial charge in [-0.05, 0) is 49.3 Å². The van der Waals surface area contributed by atoms with Crippen LogP contribution in [0.5, 0.6) is 5.75 Å². The SMILES string of the molecule is CC(C)C(N)C(=O)N1CCCC1C(=O)NC(Cc1ccc(O)cc1)C(=O)NC(CCCN=C(N)N)C(=O)O. The summed E-state index contributed by atoms with van der Waals surface area (Å²) >= 11 is 0. The highest BCUT2D eigenvalue weighted by Crippen LogP contribution is 2.20. The fraction of sp³-hybridized carbons (Fsp3) is 0.560. The van der Waals surface area contributed by atoms with Gasteiger partial charge in [0.2, 0.25) is 17.7 Å². The summed E-state index contributed by atoms with van der Waals surface area (Å²) in [6.07, 6.45) is 1.43. The summed E-state index contributed by atoms with van der Waals surface area (Å²) < 4.78 is 0. The summed E-state index contributed by atoms with van der Waals surface area (Å²) in [5, 5.41) is 24.4. The number of nitrogens with two attached hydrogens (primary N) is 3. The van der Waals surface area contributed by atoms with Crippen molar-refractivity contribution in [3.8, 4) is 5.75 Å². The van der Waals surface area contributed by atoms with Crippen LogP contribution in [0.4, 0.5) is 0 Å². The Kier molecular flexibility index (Phi) is 11.3. The maximum atomic E-state index is 13.3. The summed E-state index contributed by atoms with van der Waals surface area (Å²) in [4.78, 5) is 56.4. The van der Waals surface area contributed by atoms with Crippen LogP contribution in [0.3, 0.4) is 0 Å². The van der Waals surface area contributed by atoms with Crippen molar-refractivity contribution in [2.75, 3.05) is 13.1 Å². The highest BCUT2D eigenvalue weighted by molar-refractivity contribution is 5.94. The minimum absolute atomic E-state index is 0.0321. The zero-order valence-corrected chi connectivity index (χ0v) is 21.8. The average Bonchev–Trinajstić information content (AvgIpc) is 3.35. The fourth-order valence-corrected chi connectivity index (χ4v) is 4.16. The number of benzene rings is 1. The number of aromatic hydroxyl groups is 1. The first-order chi connectivity index (χ1) is 17.9. The summed E-state index contributed by atoms with van der Waals surface area (Å²) in [5.41, 5.74) is 17.2. The van der Waals surface area contributed by atoms with Gasteiger partial charge in [0.05, 0.1) is 6.04 Å². The summed E-state index contributed by atoms with van der Waals surface area (Å²) in [7, 11) is 0. The highest BCUT2D eigenvalue weighted by atomic mass is 16.4. The number of nitrogens with one attached hydrogen (secondary N) is 2. The van der Waals surface area contributed by atoms with E-state index in [4.69, 9.17) is 17.2 Å². The lowest BCUT2D eigenvalue weighted by atomic mass is 10.0. The predicted molar refractivity (Wildman–Crippen MR) is 141 cm³/mol. The van der Waals surface area contributed by atoms with E-state index in [1.807, 2.05) is 13.8 Å². The molecule has 0 aliphatic carbocycles. The van der Waals surface area contributed by atoms with E-state index >= 15 is 0 Å². The van der Waals surface area contributed by atoms with Crippen LogP contribution in [0, 0.1) is 5.92 Å². The standard InChI is InChI=1S/C25H39N7O6/c1-14(2)20(26)23(36)32-12-4-6-19(32)22(35)31-18(13-15-7-9-16(33)10-8-15)21(34)30-17(24(37)38)5-3-11-29-25(27)28/h7-10,14,17-20,33H,3-6,11-13,26H2,1-2H3,(H,30,34)(H,31,35)(H,37,38)(H4,27,28,29). The number of rotatable bonds is 13. The van der Waals surface area contributed by atoms with Crippen LogP contribution in [0.2, 0.25) is 0 Å². The molecule has 0 bridgehead atoms. The molecule has 1 aromatic carbocycles. The largest absolute Gasteiger partial charge is 0.508 e. The normalized spacial score (nSPS) is 17.4. The van der Waals surface area contributed by atoms with E-state index < -0.39 is 42.0 Å². The van der Waals surface area contributed by atoms with E-state index in [0.29, 0.717) is 31.4 Å². The van der Waals surface area contributed by atoms with E-state index in [-0.39, 0.29) is 42.9 Å². The summed E-state index contributed by atoms with van der Waals surface area (Å²) in [6.45, 7) is 4.21. The highest BCUT2D eigenvalue weighted by Gasteiger charge is 2.38. The smallest absolute Gasteiger partial charge is 0.326 e. The van der Waals surface area contributed by atoms with Crippen LogP contribution in [0.15, 0.2) is 29.3 Å². The number of hydrogen-bond acceptors (Lipinski definition) is 7. The van der Waals surface area contributed by atoms with Crippen LogP contribution in [0.25, 0.3) is 0 Å². The molecule has 0 aromatic heterocycles. The molecular formula is C25H39N7O6. The van der Waals surface area contributed by atoms with Crippen LogP contribution in [-0.2, 0) is 25.6 Å². The zero-order valence-electron chi connectivity index (χ0n) is 21.8. The second-order valence-corrected chi connectivity index (χ2v) is 9.74. The molecule has 13 nitrogen and oxygen atoms in total. The first kappa shape index (κ1) is 30.4. The Labute approximate surface area is 221 Å². The molecule has 4 atom stereocenters. The molecule has 4 unspecified atom stereocenters. The van der Waals surface area contributed by atoms with Gasteiger partial charge in [-0.25, -0.2) is 4.79 Å². The fourth-order valence-electron chi connectivity index (χ4n) is 4.16. The summed E-state index contributed by atoms with van der Waals surface area (Å²) in [5.74, 6) is -2.99. The average molecular weight is 534 g/mol. The Morgan fingerprint density at radius 1 is 1.11 bits per heavy atom. The minimum Gasteiger partial charge on any atom is -0.508 e.